The van der Waals surface area contributed by atoms with E-state index < -0.39 is 0 Å². The van der Waals surface area contributed by atoms with Crippen LogP contribution in [0.2, 0.25) is 5.02 Å². The first kappa shape index (κ1) is 14.6. The smallest absolute Gasteiger partial charge is 0.259 e. The van der Waals surface area contributed by atoms with E-state index in [9.17, 15) is 9.90 Å². The molecular formula is C16H10Cl2N2O2. The minimum absolute atomic E-state index is 0.00724. The van der Waals surface area contributed by atoms with Gasteiger partial charge < -0.3 is 10.1 Å². The molecule has 0 bridgehead atoms. The number of nitrogens with zero attached hydrogens (tertiary/aromatic N) is 1. The first-order valence-electron chi connectivity index (χ1n) is 6.40. The third-order valence-corrected chi connectivity index (χ3v) is 3.70. The van der Waals surface area contributed by atoms with Gasteiger partial charge in [0.2, 0.25) is 0 Å². The van der Waals surface area contributed by atoms with Gasteiger partial charge in [0, 0.05) is 0 Å². The van der Waals surface area contributed by atoms with E-state index in [0.717, 1.165) is 0 Å². The van der Waals surface area contributed by atoms with Gasteiger partial charge in [0.25, 0.3) is 5.56 Å². The molecule has 0 aliphatic rings. The Bertz CT molecular complexity index is 948. The number of phenols is 1. The maximum absolute atomic E-state index is 12.0. The Balaban J connectivity index is 2.08. The fraction of sp³-hybridized carbons (Fsp3) is 0. The van der Waals surface area contributed by atoms with Gasteiger partial charge in [0.15, 0.2) is 5.82 Å². The second kappa shape index (κ2) is 5.83. The molecule has 0 atom stereocenters. The standard InChI is InChI=1S/C16H10Cl2N2O2/c17-11-7-9(5-6-14(11)21)8-12(18)15-19-13-4-2-1-3-10(13)16(22)20-15/h1-8,21H,(H,19,20,22)/b12-8-. The number of fused-ring (bicyclic) bond motifs is 1. The highest BCUT2D eigenvalue weighted by molar-refractivity contribution is 6.50. The minimum atomic E-state index is -0.254. The van der Waals surface area contributed by atoms with Gasteiger partial charge in [-0.2, -0.15) is 0 Å². The number of benzene rings is 2. The fourth-order valence-electron chi connectivity index (χ4n) is 2.03. The van der Waals surface area contributed by atoms with Gasteiger partial charge in [-0.1, -0.05) is 41.4 Å². The van der Waals surface area contributed by atoms with E-state index in [4.69, 9.17) is 23.2 Å². The molecular weight excluding hydrogens is 323 g/mol. The minimum Gasteiger partial charge on any atom is -0.506 e. The topological polar surface area (TPSA) is 66.0 Å². The largest absolute Gasteiger partial charge is 0.506 e. The number of hydrogen-bond acceptors (Lipinski definition) is 3. The average Bonchev–Trinajstić information content (AvgIpc) is 2.51. The van der Waals surface area contributed by atoms with Crippen LogP contribution in [0, 0.1) is 0 Å². The zero-order valence-corrected chi connectivity index (χ0v) is 12.7. The number of aromatic hydroxyl groups is 1. The number of halogens is 2. The molecule has 0 spiro atoms. The Morgan fingerprint density at radius 1 is 1.23 bits per heavy atom. The summed E-state index contributed by atoms with van der Waals surface area (Å²) in [6, 6.07) is 11.7. The molecule has 0 unspecified atom stereocenters. The van der Waals surface area contributed by atoms with Crippen LogP contribution in [-0.2, 0) is 0 Å². The van der Waals surface area contributed by atoms with Crippen molar-refractivity contribution in [3.8, 4) is 5.75 Å². The van der Waals surface area contributed by atoms with Crippen molar-refractivity contribution in [2.24, 2.45) is 0 Å². The number of phenolic OH excluding ortho intramolecular Hbond substituents is 1. The van der Waals surface area contributed by atoms with Crippen molar-refractivity contribution >= 4 is 45.2 Å². The van der Waals surface area contributed by atoms with Crippen molar-refractivity contribution in [1.29, 1.82) is 0 Å². The average molecular weight is 333 g/mol. The molecule has 3 aromatic rings. The molecule has 2 aromatic carbocycles. The van der Waals surface area contributed by atoms with E-state index in [2.05, 4.69) is 9.97 Å². The van der Waals surface area contributed by atoms with E-state index in [1.165, 1.54) is 6.07 Å². The molecule has 0 saturated heterocycles. The number of nitrogens with one attached hydrogen (secondary N) is 1. The Morgan fingerprint density at radius 2 is 2.00 bits per heavy atom. The molecule has 0 fully saturated rings. The van der Waals surface area contributed by atoms with Crippen LogP contribution in [0.15, 0.2) is 47.3 Å². The third-order valence-electron chi connectivity index (χ3n) is 3.10. The monoisotopic (exact) mass is 332 g/mol. The number of H-pyrrole nitrogens is 1. The molecule has 0 amide bonds. The van der Waals surface area contributed by atoms with Crippen LogP contribution < -0.4 is 5.56 Å². The zero-order valence-electron chi connectivity index (χ0n) is 11.2. The SMILES string of the molecule is O=c1[nH]c(/C(Cl)=C/c2ccc(O)c(Cl)c2)nc2ccccc12. The molecule has 6 heteroatoms. The van der Waals surface area contributed by atoms with Crippen LogP contribution in [0.3, 0.4) is 0 Å². The lowest BCUT2D eigenvalue weighted by molar-refractivity contribution is 0.475. The molecule has 2 N–H and O–H groups in total. The number of rotatable bonds is 2. The summed E-state index contributed by atoms with van der Waals surface area (Å²) in [5.41, 5.74) is 0.996. The molecule has 1 aromatic heterocycles. The van der Waals surface area contributed by atoms with Crippen molar-refractivity contribution in [3.63, 3.8) is 0 Å². The Hall–Kier alpha value is -2.30. The van der Waals surface area contributed by atoms with Gasteiger partial charge in [0.1, 0.15) is 5.75 Å². The summed E-state index contributed by atoms with van der Waals surface area (Å²) in [7, 11) is 0. The molecule has 22 heavy (non-hydrogen) atoms. The number of aromatic amines is 1. The van der Waals surface area contributed by atoms with E-state index in [1.54, 1.807) is 42.5 Å². The second-order valence-electron chi connectivity index (χ2n) is 4.63. The van der Waals surface area contributed by atoms with Crippen molar-refractivity contribution in [2.45, 2.75) is 0 Å². The van der Waals surface area contributed by atoms with Gasteiger partial charge in [-0.25, -0.2) is 4.98 Å². The lowest BCUT2D eigenvalue weighted by Gasteiger charge is -2.03. The van der Waals surface area contributed by atoms with Gasteiger partial charge >= 0.3 is 0 Å². The van der Waals surface area contributed by atoms with Gasteiger partial charge in [-0.05, 0) is 35.9 Å². The van der Waals surface area contributed by atoms with E-state index in [0.29, 0.717) is 16.5 Å². The first-order chi connectivity index (χ1) is 10.5. The fourth-order valence-corrected chi connectivity index (χ4v) is 2.43. The molecule has 0 aliphatic carbocycles. The second-order valence-corrected chi connectivity index (χ2v) is 5.45. The zero-order chi connectivity index (χ0) is 15.7. The van der Waals surface area contributed by atoms with Crippen molar-refractivity contribution < 1.29 is 5.11 Å². The van der Waals surface area contributed by atoms with Gasteiger partial charge in [-0.15, -0.1) is 0 Å². The van der Waals surface area contributed by atoms with Crippen molar-refractivity contribution in [2.75, 3.05) is 0 Å². The van der Waals surface area contributed by atoms with E-state index in [1.807, 2.05) is 0 Å². The van der Waals surface area contributed by atoms with Crippen molar-refractivity contribution in [1.82, 2.24) is 9.97 Å². The first-order valence-corrected chi connectivity index (χ1v) is 7.15. The maximum atomic E-state index is 12.0. The predicted molar refractivity (Wildman–Crippen MR) is 89.2 cm³/mol. The number of aromatic nitrogens is 2. The molecule has 3 rings (SSSR count). The summed E-state index contributed by atoms with van der Waals surface area (Å²) in [5.74, 6) is 0.266. The summed E-state index contributed by atoms with van der Waals surface area (Å²) in [4.78, 5) is 19.0. The summed E-state index contributed by atoms with van der Waals surface area (Å²) in [5, 5.41) is 10.4. The van der Waals surface area contributed by atoms with E-state index in [-0.39, 0.29) is 27.2 Å². The Labute approximate surface area is 135 Å². The van der Waals surface area contributed by atoms with Crippen molar-refractivity contribution in [3.05, 3.63) is 69.2 Å². The van der Waals surface area contributed by atoms with Crippen LogP contribution >= 0.6 is 23.2 Å². The summed E-state index contributed by atoms with van der Waals surface area (Å²) < 4.78 is 0. The number of para-hydroxylation sites is 1. The number of hydrogen-bond donors (Lipinski definition) is 2. The van der Waals surface area contributed by atoms with Crippen LogP contribution in [0.1, 0.15) is 11.4 Å². The normalized spacial score (nSPS) is 11.8. The molecule has 4 nitrogen and oxygen atoms in total. The van der Waals surface area contributed by atoms with Gasteiger partial charge in [0.05, 0.1) is 21.0 Å². The summed E-state index contributed by atoms with van der Waals surface area (Å²) >= 11 is 12.1. The molecule has 0 aliphatic heterocycles. The maximum Gasteiger partial charge on any atom is 0.259 e. The highest BCUT2D eigenvalue weighted by Crippen LogP contribution is 2.26. The molecule has 0 radical (unpaired) electrons. The summed E-state index contributed by atoms with van der Waals surface area (Å²) in [6.07, 6.45) is 1.61. The molecule has 0 saturated carbocycles. The van der Waals surface area contributed by atoms with Gasteiger partial charge in [-0.3, -0.25) is 4.79 Å². The highest BCUT2D eigenvalue weighted by Gasteiger charge is 2.07. The predicted octanol–water partition coefficient (Wildman–Crippen LogP) is 4.02. The molecule has 110 valence electrons. The van der Waals surface area contributed by atoms with E-state index >= 15 is 0 Å². The lowest BCUT2D eigenvalue weighted by atomic mass is 10.2. The summed E-state index contributed by atoms with van der Waals surface area (Å²) in [6.45, 7) is 0. The van der Waals surface area contributed by atoms with Crippen LogP contribution in [0.5, 0.6) is 5.75 Å². The van der Waals surface area contributed by atoms with Crippen LogP contribution in [0.25, 0.3) is 22.0 Å². The highest BCUT2D eigenvalue weighted by atomic mass is 35.5. The van der Waals surface area contributed by atoms with Crippen LogP contribution in [-0.4, -0.2) is 15.1 Å². The lowest BCUT2D eigenvalue weighted by Crippen LogP contribution is -2.10. The van der Waals surface area contributed by atoms with Crippen LogP contribution in [0.4, 0.5) is 0 Å². The Kier molecular flexibility index (Phi) is 3.88. The molecule has 1 heterocycles. The third kappa shape index (κ3) is 2.84. The Morgan fingerprint density at radius 3 is 2.77 bits per heavy atom. The quantitative estimate of drug-likeness (QED) is 0.744.